The lowest BCUT2D eigenvalue weighted by Crippen LogP contribution is -2.35. The highest BCUT2D eigenvalue weighted by atomic mass is 19.4. The summed E-state index contributed by atoms with van der Waals surface area (Å²) in [5.74, 6) is 0.378. The van der Waals surface area contributed by atoms with Crippen molar-refractivity contribution in [1.82, 2.24) is 24.7 Å². The van der Waals surface area contributed by atoms with Crippen LogP contribution in [0.25, 0.3) is 11.2 Å². The van der Waals surface area contributed by atoms with Crippen LogP contribution in [0.15, 0.2) is 44.4 Å². The zero-order chi connectivity index (χ0) is 20.8. The molecule has 0 saturated carbocycles. The van der Waals surface area contributed by atoms with Gasteiger partial charge in [-0.3, -0.25) is 14.3 Å². The first-order valence-electron chi connectivity index (χ1n) is 8.21. The molecule has 0 aliphatic rings. The Hall–Kier alpha value is -3.83. The molecule has 2 N–H and O–H groups in total. The molecule has 150 valence electrons. The SMILES string of the molecule is Cc1cc(Cn2c(=O)[nH]c3nc(Oc4cccc(C(F)(F)F)c4)[nH]c3c2=O)no1. The molecule has 0 saturated heterocycles. The van der Waals surface area contributed by atoms with E-state index in [1.54, 1.807) is 13.0 Å². The topological polar surface area (TPSA) is 119 Å². The van der Waals surface area contributed by atoms with E-state index in [0.29, 0.717) is 11.5 Å². The lowest BCUT2D eigenvalue weighted by atomic mass is 10.2. The van der Waals surface area contributed by atoms with Gasteiger partial charge in [-0.2, -0.15) is 18.2 Å². The van der Waals surface area contributed by atoms with E-state index in [9.17, 15) is 22.8 Å². The van der Waals surface area contributed by atoms with Crippen molar-refractivity contribution in [3.05, 3.63) is 68.2 Å². The first-order valence-corrected chi connectivity index (χ1v) is 8.21. The third-order valence-electron chi connectivity index (χ3n) is 3.98. The third kappa shape index (κ3) is 3.63. The van der Waals surface area contributed by atoms with E-state index in [-0.39, 0.29) is 29.5 Å². The molecule has 0 unspecified atom stereocenters. The largest absolute Gasteiger partial charge is 0.426 e. The average molecular weight is 407 g/mol. The fourth-order valence-corrected chi connectivity index (χ4v) is 2.69. The van der Waals surface area contributed by atoms with Crippen molar-refractivity contribution >= 4 is 11.2 Å². The Bertz CT molecular complexity index is 1320. The van der Waals surface area contributed by atoms with Crippen LogP contribution in [-0.4, -0.2) is 24.7 Å². The number of benzene rings is 1. The van der Waals surface area contributed by atoms with Crippen LogP contribution in [0.5, 0.6) is 11.8 Å². The molecule has 0 bridgehead atoms. The highest BCUT2D eigenvalue weighted by Crippen LogP contribution is 2.32. The molecule has 0 aliphatic heterocycles. The van der Waals surface area contributed by atoms with Crippen molar-refractivity contribution in [3.63, 3.8) is 0 Å². The summed E-state index contributed by atoms with van der Waals surface area (Å²) < 4.78 is 49.5. The van der Waals surface area contributed by atoms with Gasteiger partial charge in [0.15, 0.2) is 11.2 Å². The number of hydrogen-bond donors (Lipinski definition) is 2. The number of fused-ring (bicyclic) bond motifs is 1. The summed E-state index contributed by atoms with van der Waals surface area (Å²) >= 11 is 0. The predicted molar refractivity (Wildman–Crippen MR) is 92.8 cm³/mol. The van der Waals surface area contributed by atoms with Gasteiger partial charge in [-0.1, -0.05) is 11.2 Å². The molecule has 0 amide bonds. The van der Waals surface area contributed by atoms with Crippen molar-refractivity contribution in [1.29, 1.82) is 0 Å². The molecule has 0 aliphatic carbocycles. The molecule has 29 heavy (non-hydrogen) atoms. The van der Waals surface area contributed by atoms with Crippen molar-refractivity contribution < 1.29 is 22.4 Å². The van der Waals surface area contributed by atoms with Gasteiger partial charge in [0.2, 0.25) is 0 Å². The van der Waals surface area contributed by atoms with Gasteiger partial charge < -0.3 is 14.2 Å². The fourth-order valence-electron chi connectivity index (χ4n) is 2.69. The number of H-pyrrole nitrogens is 2. The fraction of sp³-hybridized carbons (Fsp3) is 0.176. The van der Waals surface area contributed by atoms with Gasteiger partial charge in [0.25, 0.3) is 5.56 Å². The molecule has 3 heterocycles. The minimum atomic E-state index is -4.54. The maximum absolute atomic E-state index is 12.8. The van der Waals surface area contributed by atoms with Crippen LogP contribution in [-0.2, 0) is 12.7 Å². The summed E-state index contributed by atoms with van der Waals surface area (Å²) in [6.07, 6.45) is -4.54. The van der Waals surface area contributed by atoms with Gasteiger partial charge >= 0.3 is 17.9 Å². The molecule has 0 atom stereocenters. The van der Waals surface area contributed by atoms with E-state index in [1.165, 1.54) is 12.1 Å². The van der Waals surface area contributed by atoms with Crippen LogP contribution in [0.4, 0.5) is 13.2 Å². The highest BCUT2D eigenvalue weighted by Gasteiger charge is 2.30. The molecule has 0 radical (unpaired) electrons. The molecule has 0 spiro atoms. The number of nitrogens with one attached hydrogen (secondary N) is 2. The number of hydrogen-bond acceptors (Lipinski definition) is 6. The van der Waals surface area contributed by atoms with Crippen LogP contribution in [0.3, 0.4) is 0 Å². The van der Waals surface area contributed by atoms with Crippen LogP contribution in [0.1, 0.15) is 17.0 Å². The second-order valence-corrected chi connectivity index (χ2v) is 6.14. The minimum absolute atomic E-state index is 0.0770. The summed E-state index contributed by atoms with van der Waals surface area (Å²) in [4.78, 5) is 33.7. The van der Waals surface area contributed by atoms with Gasteiger partial charge in [0, 0.05) is 6.07 Å². The van der Waals surface area contributed by atoms with Crippen molar-refractivity contribution in [2.24, 2.45) is 0 Å². The maximum atomic E-state index is 12.8. The third-order valence-corrected chi connectivity index (χ3v) is 3.98. The number of rotatable bonds is 4. The second kappa shape index (κ2) is 6.65. The Morgan fingerprint density at radius 3 is 2.69 bits per heavy atom. The first-order chi connectivity index (χ1) is 13.7. The molecule has 4 aromatic rings. The molecule has 3 aromatic heterocycles. The Labute approximate surface area is 158 Å². The smallest absolute Gasteiger partial charge is 0.416 e. The number of aryl methyl sites for hydroxylation is 1. The van der Waals surface area contributed by atoms with E-state index in [1.807, 2.05) is 0 Å². The molecule has 9 nitrogen and oxygen atoms in total. The standard InChI is InChI=1S/C17H12F3N5O4/c1-8-5-10(24-29-8)7-25-14(26)12-13(23-16(25)27)22-15(21-12)28-11-4-2-3-9(6-11)17(18,19)20/h2-6H,7H2,1H3,(H,21,22)(H,23,27). The number of nitrogens with zero attached hydrogens (tertiary/aromatic N) is 3. The number of imidazole rings is 1. The second-order valence-electron chi connectivity index (χ2n) is 6.14. The number of halogens is 3. The monoisotopic (exact) mass is 407 g/mol. The average Bonchev–Trinajstić information content (AvgIpc) is 3.24. The Morgan fingerprint density at radius 2 is 2.00 bits per heavy atom. The zero-order valence-electron chi connectivity index (χ0n) is 14.7. The minimum Gasteiger partial charge on any atom is -0.426 e. The van der Waals surface area contributed by atoms with E-state index in [4.69, 9.17) is 9.26 Å². The molecule has 12 heteroatoms. The van der Waals surface area contributed by atoms with E-state index in [2.05, 4.69) is 20.1 Å². The Morgan fingerprint density at radius 1 is 1.21 bits per heavy atom. The summed E-state index contributed by atoms with van der Waals surface area (Å²) in [6, 6.07) is 5.49. The van der Waals surface area contributed by atoms with Crippen LogP contribution < -0.4 is 16.0 Å². The van der Waals surface area contributed by atoms with Crippen LogP contribution in [0, 0.1) is 6.92 Å². The highest BCUT2D eigenvalue weighted by molar-refractivity contribution is 5.69. The number of aromatic amines is 2. The molecule has 4 rings (SSSR count). The lowest BCUT2D eigenvalue weighted by molar-refractivity contribution is -0.137. The van der Waals surface area contributed by atoms with Crippen molar-refractivity contribution in [2.75, 3.05) is 0 Å². The zero-order valence-corrected chi connectivity index (χ0v) is 14.7. The quantitative estimate of drug-likeness (QED) is 0.537. The number of ether oxygens (including phenoxy) is 1. The van der Waals surface area contributed by atoms with Gasteiger partial charge in [0.05, 0.1) is 12.1 Å². The number of aromatic nitrogens is 5. The molecular formula is C17H12F3N5O4. The van der Waals surface area contributed by atoms with Crippen LogP contribution in [0.2, 0.25) is 0 Å². The Balaban J connectivity index is 1.69. The van der Waals surface area contributed by atoms with Crippen molar-refractivity contribution in [2.45, 2.75) is 19.6 Å². The predicted octanol–water partition coefficient (Wildman–Crippen LogP) is 2.57. The van der Waals surface area contributed by atoms with E-state index < -0.39 is 23.0 Å². The van der Waals surface area contributed by atoms with Crippen molar-refractivity contribution in [3.8, 4) is 11.8 Å². The van der Waals surface area contributed by atoms with Gasteiger partial charge in [-0.25, -0.2) is 4.79 Å². The molecular weight excluding hydrogens is 395 g/mol. The van der Waals surface area contributed by atoms with Gasteiger partial charge in [-0.15, -0.1) is 0 Å². The van der Waals surface area contributed by atoms with Crippen LogP contribution >= 0.6 is 0 Å². The Kier molecular flexibility index (Phi) is 4.25. The first kappa shape index (κ1) is 18.5. The van der Waals surface area contributed by atoms with Gasteiger partial charge in [-0.05, 0) is 25.1 Å². The molecule has 0 fully saturated rings. The maximum Gasteiger partial charge on any atom is 0.416 e. The van der Waals surface area contributed by atoms with E-state index in [0.717, 1.165) is 16.7 Å². The lowest BCUT2D eigenvalue weighted by Gasteiger charge is -2.08. The normalized spacial score (nSPS) is 11.9. The molecule has 1 aromatic carbocycles. The number of alkyl halides is 3. The summed E-state index contributed by atoms with van der Waals surface area (Å²) in [6.45, 7) is 1.53. The van der Waals surface area contributed by atoms with E-state index >= 15 is 0 Å². The van der Waals surface area contributed by atoms with Gasteiger partial charge in [0.1, 0.15) is 17.2 Å². The summed E-state index contributed by atoms with van der Waals surface area (Å²) in [7, 11) is 0. The summed E-state index contributed by atoms with van der Waals surface area (Å²) in [5.41, 5.74) is -2.13. The summed E-state index contributed by atoms with van der Waals surface area (Å²) in [5, 5.41) is 3.73.